The van der Waals surface area contributed by atoms with Crippen LogP contribution in [-0.4, -0.2) is 21.0 Å². The highest BCUT2D eigenvalue weighted by Gasteiger charge is 2.09. The Morgan fingerprint density at radius 3 is 2.54 bits per heavy atom. The molecule has 0 unspecified atom stereocenters. The van der Waals surface area contributed by atoms with Crippen molar-refractivity contribution in [1.82, 2.24) is 15.0 Å². The van der Waals surface area contributed by atoms with Gasteiger partial charge in [-0.05, 0) is 43.5 Å². The van der Waals surface area contributed by atoms with E-state index in [0.717, 1.165) is 30.0 Å². The number of aryl methyl sites for hydroxylation is 1. The number of benzene rings is 1. The predicted octanol–water partition coefficient (Wildman–Crippen LogP) is 4.67. The third kappa shape index (κ3) is 4.57. The molecule has 0 aliphatic rings. The average molecular weight is 347 g/mol. The monoisotopic (exact) mass is 347 g/mol. The lowest BCUT2D eigenvalue weighted by molar-refractivity contribution is 0.753. The summed E-state index contributed by atoms with van der Waals surface area (Å²) in [6.45, 7) is 7.11. The van der Waals surface area contributed by atoms with Gasteiger partial charge in [-0.2, -0.15) is 4.98 Å². The van der Waals surface area contributed by atoms with Gasteiger partial charge in [0.15, 0.2) is 0 Å². The normalized spacial score (nSPS) is 11.8. The summed E-state index contributed by atoms with van der Waals surface area (Å²) in [6.07, 6.45) is 4.56. The number of hydrogen-bond acceptors (Lipinski definition) is 5. The van der Waals surface area contributed by atoms with Crippen molar-refractivity contribution in [3.8, 4) is 11.3 Å². The summed E-state index contributed by atoms with van der Waals surface area (Å²) in [5, 5.41) is 6.81. The number of nitrogens with zero attached hydrogens (tertiary/aromatic N) is 3. The Morgan fingerprint density at radius 1 is 1.04 bits per heavy atom. The maximum absolute atomic E-state index is 4.67. The van der Waals surface area contributed by atoms with E-state index >= 15 is 0 Å². The van der Waals surface area contributed by atoms with E-state index in [1.165, 1.54) is 11.1 Å². The number of aromatic nitrogens is 3. The van der Waals surface area contributed by atoms with Crippen molar-refractivity contribution in [3.63, 3.8) is 0 Å². The molecular weight excluding hydrogens is 322 g/mol. The Morgan fingerprint density at radius 2 is 1.81 bits per heavy atom. The lowest BCUT2D eigenvalue weighted by atomic mass is 10.1. The molecule has 0 bridgehead atoms. The van der Waals surface area contributed by atoms with Gasteiger partial charge in [-0.15, -0.1) is 0 Å². The van der Waals surface area contributed by atoms with Crippen molar-refractivity contribution in [2.45, 2.75) is 39.8 Å². The van der Waals surface area contributed by atoms with Crippen LogP contribution in [0.3, 0.4) is 0 Å². The SMILES string of the molecule is CC[C@@H](C)Nc1nc(NCc2ccccc2C)cc(-c2ccncc2)n1. The van der Waals surface area contributed by atoms with Gasteiger partial charge in [0.1, 0.15) is 5.82 Å². The summed E-state index contributed by atoms with van der Waals surface area (Å²) >= 11 is 0. The van der Waals surface area contributed by atoms with Crippen molar-refractivity contribution < 1.29 is 0 Å². The molecule has 0 aliphatic heterocycles. The van der Waals surface area contributed by atoms with Crippen molar-refractivity contribution in [3.05, 3.63) is 66.0 Å². The summed E-state index contributed by atoms with van der Waals surface area (Å²) < 4.78 is 0. The molecule has 0 aliphatic carbocycles. The highest BCUT2D eigenvalue weighted by atomic mass is 15.2. The van der Waals surface area contributed by atoms with Gasteiger partial charge in [0.2, 0.25) is 5.95 Å². The zero-order valence-corrected chi connectivity index (χ0v) is 15.5. The Kier molecular flexibility index (Phi) is 5.79. The minimum Gasteiger partial charge on any atom is -0.366 e. The molecular formula is C21H25N5. The standard InChI is InChI=1S/C21H25N5/c1-4-16(3)24-21-25-19(17-9-11-22-12-10-17)13-20(26-21)23-14-18-8-6-5-7-15(18)2/h5-13,16H,4,14H2,1-3H3,(H2,23,24,25,26)/t16-/m1/s1. The molecule has 3 rings (SSSR count). The number of anilines is 2. The van der Waals surface area contributed by atoms with Gasteiger partial charge in [-0.3, -0.25) is 4.98 Å². The van der Waals surface area contributed by atoms with Crippen molar-refractivity contribution in [1.29, 1.82) is 0 Å². The predicted molar refractivity (Wildman–Crippen MR) is 107 cm³/mol. The topological polar surface area (TPSA) is 62.7 Å². The fourth-order valence-electron chi connectivity index (χ4n) is 2.59. The van der Waals surface area contributed by atoms with Gasteiger partial charge < -0.3 is 10.6 Å². The molecule has 0 saturated heterocycles. The van der Waals surface area contributed by atoms with E-state index in [0.29, 0.717) is 12.0 Å². The van der Waals surface area contributed by atoms with Crippen LogP contribution in [0, 0.1) is 6.92 Å². The lowest BCUT2D eigenvalue weighted by Crippen LogP contribution is -2.16. The lowest BCUT2D eigenvalue weighted by Gasteiger charge is -2.15. The van der Waals surface area contributed by atoms with Gasteiger partial charge in [-0.1, -0.05) is 31.2 Å². The largest absolute Gasteiger partial charge is 0.366 e. The van der Waals surface area contributed by atoms with Crippen LogP contribution in [0.5, 0.6) is 0 Å². The maximum atomic E-state index is 4.67. The molecule has 26 heavy (non-hydrogen) atoms. The Balaban J connectivity index is 1.88. The van der Waals surface area contributed by atoms with Crippen molar-refractivity contribution in [2.75, 3.05) is 10.6 Å². The summed E-state index contributed by atoms with van der Waals surface area (Å²) in [5.74, 6) is 1.45. The van der Waals surface area contributed by atoms with Gasteiger partial charge >= 0.3 is 0 Å². The quantitative estimate of drug-likeness (QED) is 0.650. The number of rotatable bonds is 7. The van der Waals surface area contributed by atoms with Crippen LogP contribution in [0.1, 0.15) is 31.4 Å². The van der Waals surface area contributed by atoms with E-state index < -0.39 is 0 Å². The molecule has 3 aromatic rings. The maximum Gasteiger partial charge on any atom is 0.225 e. The second-order valence-corrected chi connectivity index (χ2v) is 6.43. The van der Waals surface area contributed by atoms with Crippen LogP contribution < -0.4 is 10.6 Å². The third-order valence-corrected chi connectivity index (χ3v) is 4.41. The fraction of sp³-hybridized carbons (Fsp3) is 0.286. The van der Waals surface area contributed by atoms with E-state index in [1.54, 1.807) is 12.4 Å². The van der Waals surface area contributed by atoms with Crippen molar-refractivity contribution >= 4 is 11.8 Å². The molecule has 2 heterocycles. The van der Waals surface area contributed by atoms with Gasteiger partial charge in [0.05, 0.1) is 5.69 Å². The molecule has 0 amide bonds. The summed E-state index contributed by atoms with van der Waals surface area (Å²) in [5.41, 5.74) is 4.42. The Bertz CT molecular complexity index is 848. The molecule has 5 heteroatoms. The van der Waals surface area contributed by atoms with Crippen molar-refractivity contribution in [2.24, 2.45) is 0 Å². The fourth-order valence-corrected chi connectivity index (χ4v) is 2.59. The molecule has 2 N–H and O–H groups in total. The minimum atomic E-state index is 0.312. The molecule has 0 spiro atoms. The number of pyridine rings is 1. The van der Waals surface area contributed by atoms with E-state index in [1.807, 2.05) is 18.2 Å². The molecule has 1 atom stereocenters. The smallest absolute Gasteiger partial charge is 0.225 e. The zero-order valence-electron chi connectivity index (χ0n) is 15.5. The van der Waals surface area contributed by atoms with E-state index in [4.69, 9.17) is 0 Å². The van der Waals surface area contributed by atoms with Crippen LogP contribution in [0.2, 0.25) is 0 Å². The van der Waals surface area contributed by atoms with E-state index in [9.17, 15) is 0 Å². The Labute approximate surface area is 154 Å². The summed E-state index contributed by atoms with van der Waals surface area (Å²) in [7, 11) is 0. The first-order chi connectivity index (χ1) is 12.7. The van der Waals surface area contributed by atoms with Crippen LogP contribution in [0.25, 0.3) is 11.3 Å². The van der Waals surface area contributed by atoms with Gasteiger partial charge in [0, 0.05) is 36.6 Å². The second kappa shape index (κ2) is 8.43. The average Bonchev–Trinajstić information content (AvgIpc) is 2.68. The number of nitrogens with one attached hydrogen (secondary N) is 2. The molecule has 5 nitrogen and oxygen atoms in total. The zero-order chi connectivity index (χ0) is 18.4. The van der Waals surface area contributed by atoms with Crippen LogP contribution >= 0.6 is 0 Å². The highest BCUT2D eigenvalue weighted by molar-refractivity contribution is 5.64. The molecule has 0 radical (unpaired) electrons. The summed E-state index contributed by atoms with van der Waals surface area (Å²) in [6, 6.07) is 14.6. The van der Waals surface area contributed by atoms with E-state index in [-0.39, 0.29) is 0 Å². The Hall–Kier alpha value is -2.95. The van der Waals surface area contributed by atoms with Crippen LogP contribution in [0.4, 0.5) is 11.8 Å². The first-order valence-electron chi connectivity index (χ1n) is 9.00. The van der Waals surface area contributed by atoms with Crippen LogP contribution in [-0.2, 0) is 6.54 Å². The molecule has 0 saturated carbocycles. The van der Waals surface area contributed by atoms with Gasteiger partial charge in [0.25, 0.3) is 0 Å². The third-order valence-electron chi connectivity index (χ3n) is 4.41. The van der Waals surface area contributed by atoms with E-state index in [2.05, 4.69) is 70.6 Å². The molecule has 134 valence electrons. The molecule has 2 aromatic heterocycles. The minimum absolute atomic E-state index is 0.312. The first-order valence-corrected chi connectivity index (χ1v) is 9.00. The molecule has 0 fully saturated rings. The summed E-state index contributed by atoms with van der Waals surface area (Å²) in [4.78, 5) is 13.4. The van der Waals surface area contributed by atoms with Crippen LogP contribution in [0.15, 0.2) is 54.9 Å². The van der Waals surface area contributed by atoms with Gasteiger partial charge in [-0.25, -0.2) is 4.98 Å². The number of hydrogen-bond donors (Lipinski definition) is 2. The second-order valence-electron chi connectivity index (χ2n) is 6.43. The highest BCUT2D eigenvalue weighted by Crippen LogP contribution is 2.22. The first kappa shape index (κ1) is 17.9. The molecule has 1 aromatic carbocycles.